The van der Waals surface area contributed by atoms with Crippen molar-refractivity contribution in [1.29, 1.82) is 0 Å². The molecule has 0 saturated heterocycles. The zero-order valence-electron chi connectivity index (χ0n) is 21.4. The van der Waals surface area contributed by atoms with Crippen LogP contribution in [0.15, 0.2) is 126 Å². The van der Waals surface area contributed by atoms with E-state index in [1.165, 1.54) is 38.6 Å². The van der Waals surface area contributed by atoms with Crippen LogP contribution in [0.2, 0.25) is 19.6 Å². The van der Waals surface area contributed by atoms with Crippen molar-refractivity contribution in [2.24, 2.45) is 0 Å². The Hall–Kier alpha value is -4.21. The Morgan fingerprint density at radius 2 is 0.973 bits per heavy atom. The smallest absolute Gasteiger partial charge is 0.227 e. The lowest BCUT2D eigenvalue weighted by Gasteiger charge is -2.16. The van der Waals surface area contributed by atoms with Crippen molar-refractivity contribution in [3.05, 3.63) is 121 Å². The second-order valence-electron chi connectivity index (χ2n) is 10.5. The third-order valence-electron chi connectivity index (χ3n) is 6.92. The van der Waals surface area contributed by atoms with Crippen LogP contribution >= 0.6 is 0 Å². The summed E-state index contributed by atoms with van der Waals surface area (Å²) in [5.41, 5.74) is 9.96. The highest BCUT2D eigenvalue weighted by molar-refractivity contribution is 6.88. The van der Waals surface area contributed by atoms with Crippen molar-refractivity contribution < 1.29 is 4.42 Å². The molecule has 0 radical (unpaired) electrons. The molecule has 2 nitrogen and oxygen atoms in total. The predicted molar refractivity (Wildman–Crippen MR) is 159 cm³/mol. The van der Waals surface area contributed by atoms with E-state index in [1.807, 2.05) is 24.3 Å². The van der Waals surface area contributed by atoms with Gasteiger partial charge in [-0.05, 0) is 63.7 Å². The fourth-order valence-corrected chi connectivity index (χ4v) is 5.86. The van der Waals surface area contributed by atoms with E-state index >= 15 is 0 Å². The van der Waals surface area contributed by atoms with Gasteiger partial charge in [-0.25, -0.2) is 4.98 Å². The number of benzene rings is 5. The van der Waals surface area contributed by atoms with Gasteiger partial charge in [0.05, 0.1) is 8.07 Å². The second-order valence-corrected chi connectivity index (χ2v) is 15.6. The number of aromatic nitrogens is 1. The van der Waals surface area contributed by atoms with Crippen molar-refractivity contribution in [2.45, 2.75) is 19.6 Å². The van der Waals surface area contributed by atoms with E-state index < -0.39 is 8.07 Å². The first-order valence-corrected chi connectivity index (χ1v) is 16.2. The Kier molecular flexibility index (Phi) is 5.86. The number of hydrogen-bond acceptors (Lipinski definition) is 2. The highest BCUT2D eigenvalue weighted by Crippen LogP contribution is 2.30. The molecule has 3 heteroatoms. The van der Waals surface area contributed by atoms with Crippen molar-refractivity contribution in [1.82, 2.24) is 4.98 Å². The molecule has 1 aromatic heterocycles. The van der Waals surface area contributed by atoms with Gasteiger partial charge in [-0.1, -0.05) is 116 Å². The molecule has 180 valence electrons. The summed E-state index contributed by atoms with van der Waals surface area (Å²) in [4.78, 5) is 4.62. The summed E-state index contributed by atoms with van der Waals surface area (Å²) in [6.07, 6.45) is 0. The molecule has 37 heavy (non-hydrogen) atoms. The highest BCUT2D eigenvalue weighted by Gasteiger charge is 2.15. The van der Waals surface area contributed by atoms with Gasteiger partial charge in [-0.3, -0.25) is 0 Å². The van der Waals surface area contributed by atoms with E-state index in [0.29, 0.717) is 5.89 Å². The molecular formula is C34H29NOSi. The van der Waals surface area contributed by atoms with Crippen LogP contribution in [0.4, 0.5) is 0 Å². The first-order chi connectivity index (χ1) is 17.9. The lowest BCUT2D eigenvalue weighted by atomic mass is 9.97. The fourth-order valence-electron chi connectivity index (χ4n) is 4.70. The molecule has 0 atom stereocenters. The Bertz CT molecular complexity index is 1640. The number of fused-ring (bicyclic) bond motifs is 1. The third kappa shape index (κ3) is 4.78. The van der Waals surface area contributed by atoms with Crippen LogP contribution in [0.1, 0.15) is 0 Å². The van der Waals surface area contributed by atoms with E-state index in [4.69, 9.17) is 4.42 Å². The van der Waals surface area contributed by atoms with Crippen LogP contribution in [-0.4, -0.2) is 13.1 Å². The first kappa shape index (κ1) is 23.2. The quantitative estimate of drug-likeness (QED) is 0.223. The van der Waals surface area contributed by atoms with Crippen LogP contribution in [0.25, 0.3) is 55.9 Å². The summed E-state index contributed by atoms with van der Waals surface area (Å²) in [5, 5.41) is 1.49. The number of para-hydroxylation sites is 2. The summed E-state index contributed by atoms with van der Waals surface area (Å²) in [5.74, 6) is 0.650. The number of oxazole rings is 1. The van der Waals surface area contributed by atoms with Gasteiger partial charge in [0, 0.05) is 5.56 Å². The minimum absolute atomic E-state index is 0.650. The Balaban J connectivity index is 1.23. The van der Waals surface area contributed by atoms with Crippen molar-refractivity contribution in [3.8, 4) is 44.8 Å². The number of rotatable bonds is 5. The minimum Gasteiger partial charge on any atom is -0.436 e. The summed E-state index contributed by atoms with van der Waals surface area (Å²) in [6.45, 7) is 7.16. The Morgan fingerprint density at radius 1 is 0.486 bits per heavy atom. The maximum Gasteiger partial charge on any atom is 0.227 e. The van der Waals surface area contributed by atoms with Gasteiger partial charge in [0.2, 0.25) is 5.89 Å². The first-order valence-electron chi connectivity index (χ1n) is 12.7. The summed E-state index contributed by atoms with van der Waals surface area (Å²) in [7, 11) is -1.28. The third-order valence-corrected chi connectivity index (χ3v) is 8.99. The number of nitrogens with zero attached hydrogens (tertiary/aromatic N) is 1. The molecule has 0 amide bonds. The van der Waals surface area contributed by atoms with Crippen molar-refractivity contribution >= 4 is 24.4 Å². The molecule has 0 aliphatic heterocycles. The van der Waals surface area contributed by atoms with Gasteiger partial charge in [0.25, 0.3) is 0 Å². The van der Waals surface area contributed by atoms with Gasteiger partial charge >= 0.3 is 0 Å². The zero-order chi connectivity index (χ0) is 25.4. The van der Waals surface area contributed by atoms with Crippen LogP contribution < -0.4 is 5.19 Å². The molecule has 0 fully saturated rings. The van der Waals surface area contributed by atoms with E-state index in [-0.39, 0.29) is 0 Å². The molecule has 0 aliphatic rings. The van der Waals surface area contributed by atoms with E-state index in [1.54, 1.807) is 0 Å². The van der Waals surface area contributed by atoms with Gasteiger partial charge in [0.15, 0.2) is 5.58 Å². The van der Waals surface area contributed by atoms with Gasteiger partial charge in [0.1, 0.15) is 5.52 Å². The van der Waals surface area contributed by atoms with Crippen LogP contribution in [-0.2, 0) is 0 Å². The summed E-state index contributed by atoms with van der Waals surface area (Å²) < 4.78 is 5.93. The van der Waals surface area contributed by atoms with E-state index in [2.05, 4.69) is 122 Å². The normalized spacial score (nSPS) is 11.6. The minimum atomic E-state index is -1.28. The average molecular weight is 496 g/mol. The van der Waals surface area contributed by atoms with E-state index in [0.717, 1.165) is 16.7 Å². The Labute approximate surface area is 219 Å². The van der Waals surface area contributed by atoms with Gasteiger partial charge < -0.3 is 4.42 Å². The van der Waals surface area contributed by atoms with Crippen molar-refractivity contribution in [3.63, 3.8) is 0 Å². The fraction of sp³-hybridized carbons (Fsp3) is 0.0882. The van der Waals surface area contributed by atoms with Crippen molar-refractivity contribution in [2.75, 3.05) is 0 Å². The molecule has 0 unspecified atom stereocenters. The van der Waals surface area contributed by atoms with Gasteiger partial charge in [-0.2, -0.15) is 0 Å². The molecular weight excluding hydrogens is 466 g/mol. The van der Waals surface area contributed by atoms with Crippen LogP contribution in [0.5, 0.6) is 0 Å². The highest BCUT2D eigenvalue weighted by atomic mass is 28.3. The maximum atomic E-state index is 5.93. The SMILES string of the molecule is C[Si](C)(C)c1ccc(-c2ccc(-c3cccc(-c4ccc(-c5nc6ccccc6o5)cc4)c3)cc2)cc1. The monoisotopic (exact) mass is 495 g/mol. The second kappa shape index (κ2) is 9.34. The maximum absolute atomic E-state index is 5.93. The Morgan fingerprint density at radius 3 is 1.51 bits per heavy atom. The summed E-state index contributed by atoms with van der Waals surface area (Å²) in [6, 6.07) is 43.0. The van der Waals surface area contributed by atoms with Crippen LogP contribution in [0.3, 0.4) is 0 Å². The molecule has 6 aromatic rings. The predicted octanol–water partition coefficient (Wildman–Crippen LogP) is 9.04. The molecule has 1 heterocycles. The lowest BCUT2D eigenvalue weighted by Crippen LogP contribution is -2.37. The molecule has 0 saturated carbocycles. The largest absolute Gasteiger partial charge is 0.436 e. The lowest BCUT2D eigenvalue weighted by molar-refractivity contribution is 0.620. The topological polar surface area (TPSA) is 26.0 Å². The zero-order valence-corrected chi connectivity index (χ0v) is 22.4. The number of hydrogen-bond donors (Lipinski definition) is 0. The van der Waals surface area contributed by atoms with Gasteiger partial charge in [-0.15, -0.1) is 0 Å². The molecule has 0 N–H and O–H groups in total. The molecule has 6 rings (SSSR count). The van der Waals surface area contributed by atoms with E-state index in [9.17, 15) is 0 Å². The molecule has 0 spiro atoms. The molecule has 0 bridgehead atoms. The summed E-state index contributed by atoms with van der Waals surface area (Å²) >= 11 is 0. The molecule has 0 aliphatic carbocycles. The van der Waals surface area contributed by atoms with Crippen LogP contribution in [0, 0.1) is 0 Å². The molecule has 5 aromatic carbocycles. The average Bonchev–Trinajstić information content (AvgIpc) is 3.37. The standard InChI is InChI=1S/C34H29NOSi/c1-37(2,3)31-21-19-25(20-22-31)24-11-13-26(14-12-24)29-7-6-8-30(23-29)27-15-17-28(18-16-27)34-35-32-9-4-5-10-33(32)36-34/h4-23H,1-3H3.